The molecule has 1 aromatic heterocycles. The van der Waals surface area contributed by atoms with Crippen molar-refractivity contribution < 1.29 is 9.21 Å². The third-order valence-corrected chi connectivity index (χ3v) is 5.10. The highest BCUT2D eigenvalue weighted by atomic mass is 16.4. The molecule has 1 atom stereocenters. The summed E-state index contributed by atoms with van der Waals surface area (Å²) < 4.78 is 5.96. The molecule has 0 spiro atoms. The molecule has 1 fully saturated rings. The van der Waals surface area contributed by atoms with Gasteiger partial charge in [-0.15, -0.1) is 5.10 Å². The predicted molar refractivity (Wildman–Crippen MR) is 107 cm³/mol. The van der Waals surface area contributed by atoms with E-state index in [-0.39, 0.29) is 5.91 Å². The van der Waals surface area contributed by atoms with Crippen LogP contribution in [0.15, 0.2) is 52.9 Å². The van der Waals surface area contributed by atoms with E-state index in [0.717, 1.165) is 42.6 Å². The summed E-state index contributed by atoms with van der Waals surface area (Å²) in [6.07, 6.45) is 2.26. The number of hydrogen-bond acceptors (Lipinski definition) is 5. The summed E-state index contributed by atoms with van der Waals surface area (Å²) in [5.74, 6) is 0.239. The second kappa shape index (κ2) is 7.84. The van der Waals surface area contributed by atoms with Crippen molar-refractivity contribution >= 4 is 11.9 Å². The zero-order chi connectivity index (χ0) is 19.5. The van der Waals surface area contributed by atoms with Crippen LogP contribution < -0.4 is 10.2 Å². The van der Waals surface area contributed by atoms with Crippen LogP contribution in [0.3, 0.4) is 0 Å². The highest BCUT2D eigenvalue weighted by Gasteiger charge is 2.26. The second-order valence-electron chi connectivity index (χ2n) is 7.25. The Morgan fingerprint density at radius 3 is 2.57 bits per heavy atom. The van der Waals surface area contributed by atoms with E-state index in [9.17, 15) is 4.79 Å². The maximum Gasteiger partial charge on any atom is 0.318 e. The Balaban J connectivity index is 1.65. The number of nitrogens with zero attached hydrogens (tertiary/aromatic N) is 3. The van der Waals surface area contributed by atoms with Crippen LogP contribution in [0.5, 0.6) is 0 Å². The second-order valence-corrected chi connectivity index (χ2v) is 7.25. The van der Waals surface area contributed by atoms with Crippen LogP contribution in [-0.4, -0.2) is 29.2 Å². The number of aromatic nitrogens is 2. The zero-order valence-electron chi connectivity index (χ0n) is 16.2. The van der Waals surface area contributed by atoms with Crippen molar-refractivity contribution in [3.05, 3.63) is 76.7 Å². The quantitative estimate of drug-likeness (QED) is 0.733. The van der Waals surface area contributed by atoms with Crippen molar-refractivity contribution in [1.29, 1.82) is 0 Å². The Morgan fingerprint density at radius 1 is 1.07 bits per heavy atom. The number of carbonyl (C=O) groups excluding carboxylic acids is 1. The topological polar surface area (TPSA) is 71.3 Å². The molecule has 3 aromatic rings. The fraction of sp³-hybridized carbons (Fsp3) is 0.318. The molecule has 6 heteroatoms. The summed E-state index contributed by atoms with van der Waals surface area (Å²) in [6.45, 7) is 5.76. The molecule has 1 aliphatic rings. The normalized spacial score (nSPS) is 14.9. The van der Waals surface area contributed by atoms with Gasteiger partial charge in [0.1, 0.15) is 6.04 Å². The molecular formula is C22H24N4O2. The van der Waals surface area contributed by atoms with Gasteiger partial charge in [-0.2, -0.15) is 0 Å². The summed E-state index contributed by atoms with van der Waals surface area (Å²) >= 11 is 0. The SMILES string of the molecule is Cc1ccc(C)c(C(=O)N[C@H](c2ccccc2)c2nnc(N3CCCC3)o2)c1. The van der Waals surface area contributed by atoms with Crippen molar-refractivity contribution in [1.82, 2.24) is 15.5 Å². The monoisotopic (exact) mass is 376 g/mol. The Bertz CT molecular complexity index is 962. The number of carbonyl (C=O) groups is 1. The van der Waals surface area contributed by atoms with E-state index < -0.39 is 6.04 Å². The van der Waals surface area contributed by atoms with Gasteiger partial charge in [0.15, 0.2) is 0 Å². The Labute approximate surface area is 164 Å². The highest BCUT2D eigenvalue weighted by molar-refractivity contribution is 5.96. The third-order valence-electron chi connectivity index (χ3n) is 5.10. The van der Waals surface area contributed by atoms with Crippen LogP contribution >= 0.6 is 0 Å². The maximum absolute atomic E-state index is 13.0. The Hall–Kier alpha value is -3.15. The molecule has 0 aliphatic carbocycles. The molecule has 0 saturated carbocycles. The van der Waals surface area contributed by atoms with Crippen molar-refractivity contribution in [2.45, 2.75) is 32.7 Å². The molecule has 0 bridgehead atoms. The van der Waals surface area contributed by atoms with Crippen molar-refractivity contribution in [2.75, 3.05) is 18.0 Å². The van der Waals surface area contributed by atoms with Gasteiger partial charge in [-0.25, -0.2) is 0 Å². The fourth-order valence-corrected chi connectivity index (χ4v) is 3.50. The fourth-order valence-electron chi connectivity index (χ4n) is 3.50. The minimum Gasteiger partial charge on any atom is -0.405 e. The largest absolute Gasteiger partial charge is 0.405 e. The summed E-state index contributed by atoms with van der Waals surface area (Å²) in [5.41, 5.74) is 3.53. The molecule has 4 rings (SSSR count). The lowest BCUT2D eigenvalue weighted by atomic mass is 10.0. The number of nitrogens with one attached hydrogen (secondary N) is 1. The molecule has 1 aliphatic heterocycles. The van der Waals surface area contributed by atoms with Crippen LogP contribution in [-0.2, 0) is 0 Å². The van der Waals surface area contributed by atoms with Crippen molar-refractivity contribution in [2.24, 2.45) is 0 Å². The average molecular weight is 376 g/mol. The van der Waals surface area contributed by atoms with Gasteiger partial charge in [0.2, 0.25) is 5.89 Å². The number of aryl methyl sites for hydroxylation is 2. The Morgan fingerprint density at radius 2 is 1.82 bits per heavy atom. The molecule has 0 radical (unpaired) electrons. The van der Waals surface area contributed by atoms with Gasteiger partial charge >= 0.3 is 6.01 Å². The lowest BCUT2D eigenvalue weighted by Gasteiger charge is -2.17. The lowest BCUT2D eigenvalue weighted by Crippen LogP contribution is -2.30. The molecule has 6 nitrogen and oxygen atoms in total. The van der Waals surface area contributed by atoms with Gasteiger partial charge in [-0.1, -0.05) is 53.1 Å². The smallest absolute Gasteiger partial charge is 0.318 e. The first kappa shape index (κ1) is 18.2. The number of hydrogen-bond donors (Lipinski definition) is 1. The van der Waals surface area contributed by atoms with Gasteiger partial charge < -0.3 is 14.6 Å². The summed E-state index contributed by atoms with van der Waals surface area (Å²) in [6, 6.07) is 15.6. The number of rotatable bonds is 5. The lowest BCUT2D eigenvalue weighted by molar-refractivity contribution is 0.0937. The van der Waals surface area contributed by atoms with E-state index in [0.29, 0.717) is 17.5 Å². The third kappa shape index (κ3) is 3.76. The number of benzene rings is 2. The van der Waals surface area contributed by atoms with Crippen LogP contribution in [0.4, 0.5) is 6.01 Å². The van der Waals surface area contributed by atoms with E-state index in [2.05, 4.69) is 20.4 Å². The molecular weight excluding hydrogens is 352 g/mol. The summed E-state index contributed by atoms with van der Waals surface area (Å²) in [5, 5.41) is 11.5. The molecule has 2 aromatic carbocycles. The van der Waals surface area contributed by atoms with Gasteiger partial charge in [-0.05, 0) is 43.9 Å². The van der Waals surface area contributed by atoms with E-state index in [1.165, 1.54) is 0 Å². The molecule has 1 saturated heterocycles. The van der Waals surface area contributed by atoms with Crippen LogP contribution in [0, 0.1) is 13.8 Å². The van der Waals surface area contributed by atoms with E-state index in [1.807, 2.05) is 62.4 Å². The highest BCUT2D eigenvalue weighted by Crippen LogP contribution is 2.26. The van der Waals surface area contributed by atoms with Gasteiger partial charge in [0.25, 0.3) is 5.91 Å². The average Bonchev–Trinajstić information content (AvgIpc) is 3.40. The number of anilines is 1. The van der Waals surface area contributed by atoms with E-state index in [1.54, 1.807) is 0 Å². The minimum atomic E-state index is -0.502. The molecule has 1 N–H and O–H groups in total. The van der Waals surface area contributed by atoms with E-state index >= 15 is 0 Å². The minimum absolute atomic E-state index is 0.157. The molecule has 0 unspecified atom stereocenters. The standard InChI is InChI=1S/C22H24N4O2/c1-15-10-11-16(2)18(14-15)20(27)23-19(17-8-4-3-5-9-17)21-24-25-22(28-21)26-12-6-7-13-26/h3-5,8-11,14,19H,6-7,12-13H2,1-2H3,(H,23,27)/t19-/m1/s1. The summed E-state index contributed by atoms with van der Waals surface area (Å²) in [4.78, 5) is 15.1. The molecule has 28 heavy (non-hydrogen) atoms. The first-order chi connectivity index (χ1) is 13.6. The van der Waals surface area contributed by atoms with Gasteiger partial charge in [-0.3, -0.25) is 4.79 Å². The summed E-state index contributed by atoms with van der Waals surface area (Å²) in [7, 11) is 0. The molecule has 144 valence electrons. The number of amides is 1. The van der Waals surface area contributed by atoms with Crippen molar-refractivity contribution in [3.63, 3.8) is 0 Å². The van der Waals surface area contributed by atoms with Gasteiger partial charge in [0, 0.05) is 18.7 Å². The van der Waals surface area contributed by atoms with E-state index in [4.69, 9.17) is 4.42 Å². The van der Waals surface area contributed by atoms with Crippen LogP contribution in [0.1, 0.15) is 51.8 Å². The zero-order valence-corrected chi connectivity index (χ0v) is 16.2. The first-order valence-electron chi connectivity index (χ1n) is 9.63. The molecule has 2 heterocycles. The van der Waals surface area contributed by atoms with Crippen LogP contribution in [0.25, 0.3) is 0 Å². The van der Waals surface area contributed by atoms with Gasteiger partial charge in [0.05, 0.1) is 0 Å². The first-order valence-corrected chi connectivity index (χ1v) is 9.63. The van der Waals surface area contributed by atoms with Crippen molar-refractivity contribution in [3.8, 4) is 0 Å². The maximum atomic E-state index is 13.0. The molecule has 1 amide bonds. The van der Waals surface area contributed by atoms with Crippen LogP contribution in [0.2, 0.25) is 0 Å². The predicted octanol–water partition coefficient (Wildman–Crippen LogP) is 3.81. The Kier molecular flexibility index (Phi) is 5.10.